The topological polar surface area (TPSA) is 34.1 Å². The van der Waals surface area contributed by atoms with Gasteiger partial charge in [0.05, 0.1) is 0 Å². The summed E-state index contributed by atoms with van der Waals surface area (Å²) < 4.78 is 38.3. The van der Waals surface area contributed by atoms with Crippen LogP contribution in [0.3, 0.4) is 0 Å². The van der Waals surface area contributed by atoms with E-state index in [1.807, 2.05) is 0 Å². The molecule has 5 heteroatoms. The molecule has 2 saturated heterocycles. The summed E-state index contributed by atoms with van der Waals surface area (Å²) >= 11 is 0. The van der Waals surface area contributed by atoms with Gasteiger partial charge in [-0.1, -0.05) is 6.07 Å². The van der Waals surface area contributed by atoms with E-state index in [1.165, 1.54) is 12.1 Å². The van der Waals surface area contributed by atoms with E-state index in [-0.39, 0.29) is 34.2 Å². The number of carbonyl (C=O) groups is 1. The fraction of sp³-hybridized carbons (Fsp3) is 0.533. The average Bonchev–Trinajstić information content (AvgIpc) is 2.64. The van der Waals surface area contributed by atoms with Crippen molar-refractivity contribution in [3.05, 3.63) is 35.4 Å². The van der Waals surface area contributed by atoms with Gasteiger partial charge in [-0.3, -0.25) is 9.00 Å². The quantitative estimate of drug-likeness (QED) is 0.860. The number of fused-ring (bicyclic) bond motifs is 2. The van der Waals surface area contributed by atoms with E-state index in [1.54, 1.807) is 0 Å². The van der Waals surface area contributed by atoms with Crippen LogP contribution >= 0.6 is 0 Å². The second-order valence-electron chi connectivity index (χ2n) is 5.70. The van der Waals surface area contributed by atoms with Gasteiger partial charge in [-0.15, -0.1) is 0 Å². The molecule has 2 nitrogen and oxygen atoms in total. The van der Waals surface area contributed by atoms with Crippen molar-refractivity contribution in [2.24, 2.45) is 5.92 Å². The van der Waals surface area contributed by atoms with Crippen molar-refractivity contribution < 1.29 is 17.8 Å². The summed E-state index contributed by atoms with van der Waals surface area (Å²) in [6.45, 7) is 0. The molecule has 0 saturated carbocycles. The van der Waals surface area contributed by atoms with E-state index in [2.05, 4.69) is 0 Å². The smallest absolute Gasteiger partial charge is 0.140 e. The summed E-state index contributed by atoms with van der Waals surface area (Å²) in [6, 6.07) is 3.31. The van der Waals surface area contributed by atoms with Crippen LogP contribution in [0.15, 0.2) is 18.2 Å². The predicted molar refractivity (Wildman–Crippen MR) is 72.7 cm³/mol. The van der Waals surface area contributed by atoms with Crippen LogP contribution in [0, 0.1) is 17.6 Å². The molecule has 2 bridgehead atoms. The van der Waals surface area contributed by atoms with Gasteiger partial charge in [-0.25, -0.2) is 8.78 Å². The number of rotatable bonds is 3. The van der Waals surface area contributed by atoms with Crippen LogP contribution in [-0.4, -0.2) is 20.5 Å². The number of Topliss-reactive ketones (excluding diaryl/α,β-unsaturated/α-hetero) is 1. The van der Waals surface area contributed by atoms with E-state index in [9.17, 15) is 17.8 Å². The van der Waals surface area contributed by atoms with Gasteiger partial charge >= 0.3 is 0 Å². The maximum absolute atomic E-state index is 13.6. The number of halogens is 2. The maximum atomic E-state index is 13.6. The van der Waals surface area contributed by atoms with E-state index in [0.717, 1.165) is 18.9 Å². The van der Waals surface area contributed by atoms with Gasteiger partial charge in [0, 0.05) is 39.7 Å². The van der Waals surface area contributed by atoms with Crippen LogP contribution in [0.1, 0.15) is 31.2 Å². The molecule has 2 heterocycles. The molecule has 2 fully saturated rings. The Bertz CT molecular complexity index is 557. The van der Waals surface area contributed by atoms with Gasteiger partial charge in [0.25, 0.3) is 0 Å². The molecule has 1 aromatic rings. The van der Waals surface area contributed by atoms with Gasteiger partial charge in [0.15, 0.2) is 0 Å². The first-order valence-electron chi connectivity index (χ1n) is 6.90. The minimum absolute atomic E-state index is 0.00283. The lowest BCUT2D eigenvalue weighted by atomic mass is 9.90. The van der Waals surface area contributed by atoms with Gasteiger partial charge < -0.3 is 0 Å². The third kappa shape index (κ3) is 2.55. The number of ketones is 1. The predicted octanol–water partition coefficient (Wildman–Crippen LogP) is 2.77. The highest BCUT2D eigenvalue weighted by atomic mass is 32.2. The first-order chi connectivity index (χ1) is 9.54. The molecule has 0 radical (unpaired) electrons. The molecule has 2 unspecified atom stereocenters. The Hall–Kier alpha value is -1.10. The molecule has 108 valence electrons. The number of hydrogen-bond acceptors (Lipinski definition) is 2. The lowest BCUT2D eigenvalue weighted by molar-refractivity contribution is -0.122. The molecule has 20 heavy (non-hydrogen) atoms. The van der Waals surface area contributed by atoms with E-state index in [4.69, 9.17) is 0 Å². The highest BCUT2D eigenvalue weighted by Crippen LogP contribution is 2.39. The zero-order chi connectivity index (χ0) is 14.3. The molecule has 2 aliphatic heterocycles. The van der Waals surface area contributed by atoms with Crippen molar-refractivity contribution in [1.82, 2.24) is 0 Å². The minimum Gasteiger partial charge on any atom is -0.299 e. The minimum atomic E-state index is -0.786. The standard InChI is InChI=1S/C15H16F2O2S/c16-11-2-1-9(14(17)8-11)7-15(18)10-5-12-3-4-13(6-10)20(12)19/h1-2,8,10,12-13H,3-7H2. The molecule has 0 aliphatic carbocycles. The zero-order valence-corrected chi connectivity index (χ0v) is 11.8. The second-order valence-corrected chi connectivity index (χ2v) is 7.69. The first-order valence-corrected chi connectivity index (χ1v) is 8.18. The highest BCUT2D eigenvalue weighted by Gasteiger charge is 2.42. The zero-order valence-electron chi connectivity index (χ0n) is 11.0. The fourth-order valence-electron chi connectivity index (χ4n) is 3.29. The van der Waals surface area contributed by atoms with Crippen molar-refractivity contribution in [3.63, 3.8) is 0 Å². The van der Waals surface area contributed by atoms with Crippen LogP contribution in [0.5, 0.6) is 0 Å². The summed E-state index contributed by atoms with van der Waals surface area (Å²) in [5.41, 5.74) is 0.246. The molecular weight excluding hydrogens is 282 g/mol. The normalized spacial score (nSPS) is 32.3. The molecular formula is C15H16F2O2S. The van der Waals surface area contributed by atoms with Gasteiger partial charge in [0.1, 0.15) is 17.4 Å². The molecule has 0 spiro atoms. The Morgan fingerprint density at radius 1 is 1.20 bits per heavy atom. The summed E-state index contributed by atoms with van der Waals surface area (Å²) in [7, 11) is -0.786. The molecule has 1 aromatic carbocycles. The molecule has 0 aromatic heterocycles. The van der Waals surface area contributed by atoms with Crippen molar-refractivity contribution in [3.8, 4) is 0 Å². The monoisotopic (exact) mass is 298 g/mol. The first kappa shape index (κ1) is 13.9. The summed E-state index contributed by atoms with van der Waals surface area (Å²) in [5.74, 6) is -1.43. The van der Waals surface area contributed by atoms with Gasteiger partial charge in [-0.2, -0.15) is 0 Å². The van der Waals surface area contributed by atoms with E-state index < -0.39 is 22.4 Å². The molecule has 3 rings (SSSR count). The SMILES string of the molecule is O=C(Cc1ccc(F)cc1F)C1CC2CCC(C1)S2=O. The Balaban J connectivity index is 1.69. The summed E-state index contributed by atoms with van der Waals surface area (Å²) in [4.78, 5) is 12.3. The second kappa shape index (κ2) is 5.35. The number of benzene rings is 1. The summed E-state index contributed by atoms with van der Waals surface area (Å²) in [6.07, 6.45) is 3.19. The van der Waals surface area contributed by atoms with Crippen molar-refractivity contribution in [1.29, 1.82) is 0 Å². The van der Waals surface area contributed by atoms with Crippen LogP contribution in [0.25, 0.3) is 0 Å². The van der Waals surface area contributed by atoms with Crippen LogP contribution < -0.4 is 0 Å². The third-order valence-corrected chi connectivity index (χ3v) is 6.57. The number of hydrogen-bond donors (Lipinski definition) is 0. The lowest BCUT2D eigenvalue weighted by Crippen LogP contribution is -2.33. The molecule has 2 atom stereocenters. The fourth-order valence-corrected chi connectivity index (χ4v) is 5.42. The third-order valence-electron chi connectivity index (χ3n) is 4.40. The van der Waals surface area contributed by atoms with Crippen molar-refractivity contribution >= 4 is 16.6 Å². The van der Waals surface area contributed by atoms with Crippen LogP contribution in [0.4, 0.5) is 8.78 Å². The van der Waals surface area contributed by atoms with E-state index in [0.29, 0.717) is 12.8 Å². The van der Waals surface area contributed by atoms with Crippen molar-refractivity contribution in [2.75, 3.05) is 0 Å². The van der Waals surface area contributed by atoms with Gasteiger partial charge in [0.2, 0.25) is 0 Å². The van der Waals surface area contributed by atoms with Crippen LogP contribution in [0.2, 0.25) is 0 Å². The van der Waals surface area contributed by atoms with Gasteiger partial charge in [-0.05, 0) is 37.3 Å². The Morgan fingerprint density at radius 3 is 2.45 bits per heavy atom. The highest BCUT2D eigenvalue weighted by molar-refractivity contribution is 7.86. The Morgan fingerprint density at radius 2 is 1.85 bits per heavy atom. The largest absolute Gasteiger partial charge is 0.299 e. The lowest BCUT2D eigenvalue weighted by Gasteiger charge is -2.26. The molecule has 0 N–H and O–H groups in total. The Labute approximate surface area is 119 Å². The molecule has 2 aliphatic rings. The van der Waals surface area contributed by atoms with Crippen LogP contribution in [-0.2, 0) is 22.0 Å². The van der Waals surface area contributed by atoms with E-state index >= 15 is 0 Å². The maximum Gasteiger partial charge on any atom is 0.140 e. The number of carbonyl (C=O) groups excluding carboxylic acids is 1. The Kier molecular flexibility index (Phi) is 3.71. The summed E-state index contributed by atoms with van der Waals surface area (Å²) in [5, 5.41) is 0.279. The average molecular weight is 298 g/mol. The van der Waals surface area contributed by atoms with Crippen molar-refractivity contribution in [2.45, 2.75) is 42.6 Å². The molecule has 0 amide bonds.